The molecule has 0 saturated heterocycles. The molecular formula is C12H22IN5OS. The average molecular weight is 411 g/mol. The smallest absolute Gasteiger partial charge is 0.223 e. The standard InChI is InChI=1S/C12H21N5OS.HI/c1-8-15-11(17-18-8)7-14-12(13-2)16-9-4-5-10(6-9)19-3;/h9-10H,4-7H2,1-3H3,(H2,13,14,16);1H. The minimum absolute atomic E-state index is 0. The molecule has 1 saturated carbocycles. The summed E-state index contributed by atoms with van der Waals surface area (Å²) in [5, 5.41) is 11.3. The molecule has 2 atom stereocenters. The maximum atomic E-state index is 4.93. The number of hydrogen-bond acceptors (Lipinski definition) is 5. The molecule has 8 heteroatoms. The molecule has 0 amide bonds. The molecule has 1 aromatic heterocycles. The molecule has 114 valence electrons. The number of thioether (sulfide) groups is 1. The fourth-order valence-corrected chi connectivity index (χ4v) is 3.05. The summed E-state index contributed by atoms with van der Waals surface area (Å²) in [6.45, 7) is 2.31. The first-order valence-electron chi connectivity index (χ1n) is 6.50. The Morgan fingerprint density at radius 2 is 2.30 bits per heavy atom. The van der Waals surface area contributed by atoms with E-state index in [4.69, 9.17) is 4.52 Å². The zero-order chi connectivity index (χ0) is 13.7. The quantitative estimate of drug-likeness (QED) is 0.448. The van der Waals surface area contributed by atoms with Crippen molar-refractivity contribution in [3.8, 4) is 0 Å². The van der Waals surface area contributed by atoms with Crippen LogP contribution in [-0.2, 0) is 6.54 Å². The number of aromatic nitrogens is 2. The number of aliphatic imine (C=N–C) groups is 1. The highest BCUT2D eigenvalue weighted by Crippen LogP contribution is 2.27. The van der Waals surface area contributed by atoms with E-state index in [9.17, 15) is 0 Å². The maximum absolute atomic E-state index is 4.93. The summed E-state index contributed by atoms with van der Waals surface area (Å²) in [7, 11) is 1.78. The molecule has 1 aromatic rings. The lowest BCUT2D eigenvalue weighted by atomic mass is 10.2. The van der Waals surface area contributed by atoms with Gasteiger partial charge in [-0.1, -0.05) is 5.16 Å². The van der Waals surface area contributed by atoms with Crippen LogP contribution in [0.5, 0.6) is 0 Å². The third-order valence-electron chi connectivity index (χ3n) is 3.27. The van der Waals surface area contributed by atoms with Gasteiger partial charge in [0.05, 0.1) is 6.54 Å². The normalized spacial score (nSPS) is 22.4. The van der Waals surface area contributed by atoms with Gasteiger partial charge in [0.1, 0.15) is 0 Å². The Kier molecular flexibility index (Phi) is 7.63. The van der Waals surface area contributed by atoms with Crippen molar-refractivity contribution in [3.05, 3.63) is 11.7 Å². The van der Waals surface area contributed by atoms with E-state index in [0.717, 1.165) is 11.2 Å². The molecule has 1 fully saturated rings. The van der Waals surface area contributed by atoms with Crippen molar-refractivity contribution in [3.63, 3.8) is 0 Å². The van der Waals surface area contributed by atoms with E-state index >= 15 is 0 Å². The molecule has 0 aliphatic heterocycles. The second-order valence-corrected chi connectivity index (χ2v) is 5.81. The van der Waals surface area contributed by atoms with Crippen molar-refractivity contribution < 1.29 is 4.52 Å². The molecule has 6 nitrogen and oxygen atoms in total. The molecule has 1 aliphatic carbocycles. The van der Waals surface area contributed by atoms with Crippen molar-refractivity contribution in [1.82, 2.24) is 20.8 Å². The first-order chi connectivity index (χ1) is 9.21. The third-order valence-corrected chi connectivity index (χ3v) is 4.36. The van der Waals surface area contributed by atoms with Crippen molar-refractivity contribution >= 4 is 41.7 Å². The summed E-state index contributed by atoms with van der Waals surface area (Å²) in [4.78, 5) is 8.37. The van der Waals surface area contributed by atoms with Crippen LogP contribution in [0.1, 0.15) is 31.0 Å². The minimum Gasteiger partial charge on any atom is -0.354 e. The minimum atomic E-state index is 0. The molecule has 0 radical (unpaired) electrons. The van der Waals surface area contributed by atoms with Gasteiger partial charge in [-0.3, -0.25) is 4.99 Å². The van der Waals surface area contributed by atoms with Crippen LogP contribution < -0.4 is 10.6 Å². The fraction of sp³-hybridized carbons (Fsp3) is 0.750. The van der Waals surface area contributed by atoms with Crippen LogP contribution in [0.4, 0.5) is 0 Å². The predicted octanol–water partition coefficient (Wildman–Crippen LogP) is 1.95. The fourth-order valence-electron chi connectivity index (χ4n) is 2.25. The highest BCUT2D eigenvalue weighted by Gasteiger charge is 2.24. The highest BCUT2D eigenvalue weighted by molar-refractivity contribution is 14.0. The molecular weight excluding hydrogens is 389 g/mol. The SMILES string of the molecule is CN=C(NCc1noc(C)n1)NC1CCC(SC)C1.I. The van der Waals surface area contributed by atoms with Crippen LogP contribution in [0.15, 0.2) is 9.52 Å². The Hall–Kier alpha value is -0.510. The lowest BCUT2D eigenvalue weighted by Crippen LogP contribution is -2.42. The van der Waals surface area contributed by atoms with Crippen molar-refractivity contribution in [2.24, 2.45) is 4.99 Å². The zero-order valence-corrected chi connectivity index (χ0v) is 15.2. The van der Waals surface area contributed by atoms with Crippen LogP contribution in [0, 0.1) is 6.92 Å². The largest absolute Gasteiger partial charge is 0.354 e. The number of nitrogens with one attached hydrogen (secondary N) is 2. The monoisotopic (exact) mass is 411 g/mol. The molecule has 0 spiro atoms. The lowest BCUT2D eigenvalue weighted by Gasteiger charge is -2.16. The molecule has 20 heavy (non-hydrogen) atoms. The number of halogens is 1. The molecule has 2 rings (SSSR count). The zero-order valence-electron chi connectivity index (χ0n) is 12.0. The van der Waals surface area contributed by atoms with Crippen LogP contribution >= 0.6 is 35.7 Å². The Bertz CT molecular complexity index is 439. The van der Waals surface area contributed by atoms with Crippen molar-refractivity contribution in [2.45, 2.75) is 44.0 Å². The van der Waals surface area contributed by atoms with E-state index in [2.05, 4.69) is 32.0 Å². The van der Waals surface area contributed by atoms with Gasteiger partial charge in [-0.25, -0.2) is 0 Å². The van der Waals surface area contributed by atoms with Crippen LogP contribution in [0.3, 0.4) is 0 Å². The molecule has 0 aromatic carbocycles. The first-order valence-corrected chi connectivity index (χ1v) is 7.79. The number of hydrogen-bond donors (Lipinski definition) is 2. The van der Waals surface area contributed by atoms with Crippen molar-refractivity contribution in [1.29, 1.82) is 0 Å². The Morgan fingerprint density at radius 3 is 2.85 bits per heavy atom. The van der Waals surface area contributed by atoms with E-state index in [1.807, 2.05) is 11.8 Å². The van der Waals surface area contributed by atoms with Gasteiger partial charge in [-0.15, -0.1) is 24.0 Å². The van der Waals surface area contributed by atoms with Crippen molar-refractivity contribution in [2.75, 3.05) is 13.3 Å². The van der Waals surface area contributed by atoms with Gasteiger partial charge in [0, 0.05) is 25.3 Å². The first kappa shape index (κ1) is 17.5. The van der Waals surface area contributed by atoms with Gasteiger partial charge < -0.3 is 15.2 Å². The van der Waals surface area contributed by atoms with Crippen LogP contribution in [0.25, 0.3) is 0 Å². The summed E-state index contributed by atoms with van der Waals surface area (Å²) in [6.07, 6.45) is 5.86. The van der Waals surface area contributed by atoms with E-state index < -0.39 is 0 Å². The van der Waals surface area contributed by atoms with Gasteiger partial charge in [0.2, 0.25) is 5.89 Å². The molecule has 1 aliphatic rings. The van der Waals surface area contributed by atoms with Crippen LogP contribution in [0.2, 0.25) is 0 Å². The van der Waals surface area contributed by atoms with Crippen LogP contribution in [-0.4, -0.2) is 40.7 Å². The predicted molar refractivity (Wildman–Crippen MR) is 92.7 cm³/mol. The second kappa shape index (κ2) is 8.71. The topological polar surface area (TPSA) is 75.3 Å². The highest BCUT2D eigenvalue weighted by atomic mass is 127. The van der Waals surface area contributed by atoms with E-state index in [-0.39, 0.29) is 24.0 Å². The number of nitrogens with zero attached hydrogens (tertiary/aromatic N) is 3. The van der Waals surface area contributed by atoms with Gasteiger partial charge in [-0.2, -0.15) is 16.7 Å². The summed E-state index contributed by atoms with van der Waals surface area (Å²) in [6, 6.07) is 0.510. The summed E-state index contributed by atoms with van der Waals surface area (Å²) in [5.41, 5.74) is 0. The van der Waals surface area contributed by atoms with E-state index in [1.165, 1.54) is 19.3 Å². The third kappa shape index (κ3) is 5.12. The second-order valence-electron chi connectivity index (χ2n) is 4.67. The molecule has 2 N–H and O–H groups in total. The number of guanidine groups is 1. The molecule has 1 heterocycles. The summed E-state index contributed by atoms with van der Waals surface area (Å²) in [5.74, 6) is 2.03. The Balaban J connectivity index is 0.00000200. The Morgan fingerprint density at radius 1 is 1.50 bits per heavy atom. The summed E-state index contributed by atoms with van der Waals surface area (Å²) >= 11 is 1.95. The van der Waals surface area contributed by atoms with Gasteiger partial charge >= 0.3 is 0 Å². The lowest BCUT2D eigenvalue weighted by molar-refractivity contribution is 0.386. The maximum Gasteiger partial charge on any atom is 0.223 e. The van der Waals surface area contributed by atoms with E-state index in [0.29, 0.717) is 24.3 Å². The summed E-state index contributed by atoms with van der Waals surface area (Å²) < 4.78 is 4.93. The molecule has 0 bridgehead atoms. The number of rotatable bonds is 4. The molecule has 2 unspecified atom stereocenters. The van der Waals surface area contributed by atoms with E-state index in [1.54, 1.807) is 14.0 Å². The van der Waals surface area contributed by atoms with Gasteiger partial charge in [0.15, 0.2) is 11.8 Å². The van der Waals surface area contributed by atoms with Gasteiger partial charge in [0.25, 0.3) is 0 Å². The number of aryl methyl sites for hydroxylation is 1. The Labute approximate surface area is 141 Å². The average Bonchev–Trinajstić information content (AvgIpc) is 3.03. The van der Waals surface area contributed by atoms with Gasteiger partial charge in [-0.05, 0) is 25.5 Å².